The van der Waals surface area contributed by atoms with Crippen LogP contribution in [0.4, 0.5) is 10.2 Å². The van der Waals surface area contributed by atoms with Crippen molar-refractivity contribution in [3.63, 3.8) is 0 Å². The van der Waals surface area contributed by atoms with Crippen molar-refractivity contribution in [2.45, 2.75) is 6.42 Å². The molecule has 0 unspecified atom stereocenters. The van der Waals surface area contributed by atoms with E-state index < -0.39 is 0 Å². The van der Waals surface area contributed by atoms with Gasteiger partial charge in [-0.25, -0.2) is 9.37 Å². The largest absolute Gasteiger partial charge is 0.353 e. The average Bonchev–Trinajstić information content (AvgIpc) is 2.47. The van der Waals surface area contributed by atoms with Crippen molar-refractivity contribution < 1.29 is 4.39 Å². The standard InChI is InChI=1S/C10H14FN3.2ClH/c11-9-3-1-5-13-10(9)14-7-2-4-12-6-8-14;;/h1,3,5,12H,2,4,6-8H2;2*1H. The Balaban J connectivity index is 0.00000112. The van der Waals surface area contributed by atoms with Crippen LogP contribution in [0.3, 0.4) is 0 Å². The van der Waals surface area contributed by atoms with Crippen molar-refractivity contribution in [2.24, 2.45) is 0 Å². The quantitative estimate of drug-likeness (QED) is 0.842. The summed E-state index contributed by atoms with van der Waals surface area (Å²) < 4.78 is 13.4. The first-order chi connectivity index (χ1) is 6.88. The topological polar surface area (TPSA) is 28.2 Å². The number of nitrogens with zero attached hydrogens (tertiary/aromatic N) is 2. The Bertz CT molecular complexity index is 304. The zero-order valence-corrected chi connectivity index (χ0v) is 10.5. The number of hydrogen-bond donors (Lipinski definition) is 1. The second kappa shape index (κ2) is 7.65. The molecule has 0 spiro atoms. The highest BCUT2D eigenvalue weighted by Gasteiger charge is 2.13. The SMILES string of the molecule is Cl.Cl.Fc1cccnc1N1CCCNCC1. The number of rotatable bonds is 1. The zero-order valence-electron chi connectivity index (χ0n) is 8.86. The Morgan fingerprint density at radius 1 is 1.25 bits per heavy atom. The lowest BCUT2D eigenvalue weighted by atomic mass is 10.3. The zero-order chi connectivity index (χ0) is 9.80. The number of nitrogens with one attached hydrogen (secondary N) is 1. The van der Waals surface area contributed by atoms with Crippen molar-refractivity contribution in [3.8, 4) is 0 Å². The van der Waals surface area contributed by atoms with E-state index in [0.717, 1.165) is 32.6 Å². The van der Waals surface area contributed by atoms with Gasteiger partial charge >= 0.3 is 0 Å². The molecule has 1 aliphatic heterocycles. The van der Waals surface area contributed by atoms with E-state index in [1.807, 2.05) is 4.90 Å². The fourth-order valence-electron chi connectivity index (χ4n) is 1.67. The summed E-state index contributed by atoms with van der Waals surface area (Å²) in [6.45, 7) is 3.61. The summed E-state index contributed by atoms with van der Waals surface area (Å²) in [6.07, 6.45) is 2.67. The molecule has 0 saturated carbocycles. The summed E-state index contributed by atoms with van der Waals surface area (Å²) in [4.78, 5) is 6.06. The van der Waals surface area contributed by atoms with Crippen molar-refractivity contribution in [1.82, 2.24) is 10.3 Å². The van der Waals surface area contributed by atoms with E-state index in [1.165, 1.54) is 6.07 Å². The molecule has 0 amide bonds. The molecule has 2 heterocycles. The van der Waals surface area contributed by atoms with E-state index in [0.29, 0.717) is 5.82 Å². The summed E-state index contributed by atoms with van der Waals surface area (Å²) in [6, 6.07) is 3.08. The van der Waals surface area contributed by atoms with Gasteiger partial charge in [0.25, 0.3) is 0 Å². The van der Waals surface area contributed by atoms with E-state index in [2.05, 4.69) is 10.3 Å². The van der Waals surface area contributed by atoms with Gasteiger partial charge in [-0.15, -0.1) is 24.8 Å². The second-order valence-corrected chi connectivity index (χ2v) is 3.40. The van der Waals surface area contributed by atoms with Crippen LogP contribution in [0, 0.1) is 5.82 Å². The Kier molecular flexibility index (Phi) is 7.38. The summed E-state index contributed by atoms with van der Waals surface area (Å²) in [5.74, 6) is 0.255. The minimum absolute atomic E-state index is 0. The molecule has 16 heavy (non-hydrogen) atoms. The molecule has 2 rings (SSSR count). The molecule has 0 atom stereocenters. The molecule has 0 aromatic carbocycles. The van der Waals surface area contributed by atoms with Crippen LogP contribution >= 0.6 is 24.8 Å². The molecule has 1 aromatic rings. The molecule has 0 aliphatic carbocycles. The third-order valence-corrected chi connectivity index (χ3v) is 2.38. The monoisotopic (exact) mass is 267 g/mol. The molecule has 92 valence electrons. The molecular weight excluding hydrogens is 252 g/mol. The van der Waals surface area contributed by atoms with Gasteiger partial charge < -0.3 is 10.2 Å². The van der Waals surface area contributed by atoms with Crippen LogP contribution in [0.2, 0.25) is 0 Å². The van der Waals surface area contributed by atoms with Gasteiger partial charge in [0.15, 0.2) is 11.6 Å². The van der Waals surface area contributed by atoms with Crippen molar-refractivity contribution in [2.75, 3.05) is 31.1 Å². The molecular formula is C10H16Cl2FN3. The number of anilines is 1. The van der Waals surface area contributed by atoms with Crippen LogP contribution in [-0.4, -0.2) is 31.2 Å². The van der Waals surface area contributed by atoms with Crippen LogP contribution in [0.15, 0.2) is 18.3 Å². The summed E-state index contributed by atoms with van der Waals surface area (Å²) in [5.41, 5.74) is 0. The fraction of sp³-hybridized carbons (Fsp3) is 0.500. The highest BCUT2D eigenvalue weighted by atomic mass is 35.5. The fourth-order valence-corrected chi connectivity index (χ4v) is 1.67. The van der Waals surface area contributed by atoms with Gasteiger partial charge in [-0.05, 0) is 25.1 Å². The average molecular weight is 268 g/mol. The Morgan fingerprint density at radius 3 is 2.81 bits per heavy atom. The van der Waals surface area contributed by atoms with Crippen LogP contribution in [0.25, 0.3) is 0 Å². The second-order valence-electron chi connectivity index (χ2n) is 3.40. The molecule has 3 nitrogen and oxygen atoms in total. The van der Waals surface area contributed by atoms with E-state index >= 15 is 0 Å². The van der Waals surface area contributed by atoms with Gasteiger partial charge in [-0.2, -0.15) is 0 Å². The summed E-state index contributed by atoms with van der Waals surface area (Å²) in [5, 5.41) is 3.27. The minimum Gasteiger partial charge on any atom is -0.353 e. The van der Waals surface area contributed by atoms with Gasteiger partial charge in [-0.1, -0.05) is 0 Å². The van der Waals surface area contributed by atoms with Crippen molar-refractivity contribution in [3.05, 3.63) is 24.1 Å². The third-order valence-electron chi connectivity index (χ3n) is 2.38. The molecule has 1 saturated heterocycles. The maximum atomic E-state index is 13.4. The van der Waals surface area contributed by atoms with Gasteiger partial charge in [0.1, 0.15) is 0 Å². The predicted molar refractivity (Wildman–Crippen MR) is 68.4 cm³/mol. The van der Waals surface area contributed by atoms with Gasteiger partial charge in [0.2, 0.25) is 0 Å². The van der Waals surface area contributed by atoms with E-state index in [-0.39, 0.29) is 30.6 Å². The lowest BCUT2D eigenvalue weighted by Gasteiger charge is -2.20. The molecule has 1 aromatic heterocycles. The number of hydrogen-bond acceptors (Lipinski definition) is 3. The summed E-state index contributed by atoms with van der Waals surface area (Å²) >= 11 is 0. The van der Waals surface area contributed by atoms with Crippen LogP contribution in [0.5, 0.6) is 0 Å². The molecule has 1 N–H and O–H groups in total. The number of pyridine rings is 1. The van der Waals surface area contributed by atoms with E-state index in [9.17, 15) is 4.39 Å². The smallest absolute Gasteiger partial charge is 0.165 e. The third kappa shape index (κ3) is 3.77. The number of aromatic nitrogens is 1. The first kappa shape index (κ1) is 15.4. The van der Waals surface area contributed by atoms with Crippen molar-refractivity contribution >= 4 is 30.6 Å². The maximum Gasteiger partial charge on any atom is 0.165 e. The summed E-state index contributed by atoms with van der Waals surface area (Å²) in [7, 11) is 0. The number of halogens is 3. The molecule has 6 heteroatoms. The van der Waals surface area contributed by atoms with Crippen LogP contribution < -0.4 is 10.2 Å². The van der Waals surface area contributed by atoms with Crippen molar-refractivity contribution in [1.29, 1.82) is 0 Å². The molecule has 1 aliphatic rings. The molecule has 0 bridgehead atoms. The van der Waals surface area contributed by atoms with Gasteiger partial charge in [0, 0.05) is 25.8 Å². The highest BCUT2D eigenvalue weighted by Crippen LogP contribution is 2.15. The Labute approximate surface area is 107 Å². The lowest BCUT2D eigenvalue weighted by Crippen LogP contribution is -2.29. The molecule has 1 fully saturated rings. The highest BCUT2D eigenvalue weighted by molar-refractivity contribution is 5.85. The Hall–Kier alpha value is -0.580. The van der Waals surface area contributed by atoms with E-state index in [1.54, 1.807) is 12.3 Å². The lowest BCUT2D eigenvalue weighted by molar-refractivity contribution is 0.610. The van der Waals surface area contributed by atoms with Crippen LogP contribution in [0.1, 0.15) is 6.42 Å². The maximum absolute atomic E-state index is 13.4. The molecule has 0 radical (unpaired) electrons. The van der Waals surface area contributed by atoms with Gasteiger partial charge in [-0.3, -0.25) is 0 Å². The van der Waals surface area contributed by atoms with Crippen LogP contribution in [-0.2, 0) is 0 Å². The first-order valence-electron chi connectivity index (χ1n) is 4.94. The minimum atomic E-state index is -0.227. The Morgan fingerprint density at radius 2 is 2.06 bits per heavy atom. The van der Waals surface area contributed by atoms with E-state index in [4.69, 9.17) is 0 Å². The first-order valence-corrected chi connectivity index (χ1v) is 4.94. The normalized spacial score (nSPS) is 15.7. The van der Waals surface area contributed by atoms with Gasteiger partial charge in [0.05, 0.1) is 0 Å². The predicted octanol–water partition coefficient (Wildman–Crippen LogP) is 1.86.